The molecular formula is C2H6N2O. The fraction of sp³-hybridized carbons (Fsp3) is 1.00. The lowest BCUT2D eigenvalue weighted by Gasteiger charge is -1.64. The molecule has 3 nitrogen and oxygen atoms in total. The van der Waals surface area contributed by atoms with E-state index in [1.54, 1.807) is 0 Å². The van der Waals surface area contributed by atoms with Crippen LogP contribution in [0.4, 0.5) is 0 Å². The number of hydroxylamine groups is 1. The van der Waals surface area contributed by atoms with E-state index in [0.717, 1.165) is 0 Å². The van der Waals surface area contributed by atoms with E-state index in [1.807, 2.05) is 0 Å². The Kier molecular flexibility index (Phi) is 2.99. The number of nitroso groups, excluding NO2 is 1. The van der Waals surface area contributed by atoms with Crippen LogP contribution in [0.1, 0.15) is 0 Å². The molecule has 0 bridgehead atoms. The smallest absolute Gasteiger partial charge is 0.0279 e. The zero-order valence-electron chi connectivity index (χ0n) is 3.30. The Balaban J connectivity index is 2.62. The molecule has 0 spiro atoms. The zero-order valence-corrected chi connectivity index (χ0v) is 3.30. The van der Waals surface area contributed by atoms with Crippen molar-refractivity contribution in [1.29, 1.82) is 0 Å². The third kappa shape index (κ3) is 3.40. The first-order valence-electron chi connectivity index (χ1n) is 1.26. The topological polar surface area (TPSA) is 37.8 Å². The van der Waals surface area contributed by atoms with Gasteiger partial charge >= 0.3 is 0 Å². The maximum Gasteiger partial charge on any atom is 0.0279 e. The van der Waals surface area contributed by atoms with Gasteiger partial charge in [0.2, 0.25) is 0 Å². The molecule has 0 aromatic heterocycles. The summed E-state index contributed by atoms with van der Waals surface area (Å²) in [5, 5.41) is 3.19. The monoisotopic (exact) mass is 74.0 g/mol. The first kappa shape index (κ1) is 4.40. The predicted octanol–water partition coefficient (Wildman–Crippen LogP) is 0.837. The largest absolute Gasteiger partial charge is 0.128 e. The highest BCUT2D eigenvalue weighted by Gasteiger charge is 1.52. The molecule has 0 aliphatic rings. The van der Waals surface area contributed by atoms with Gasteiger partial charge in [-0.1, -0.05) is 10.7 Å². The third-order valence-corrected chi connectivity index (χ3v) is 0.163. The number of hydrogen-bond acceptors (Lipinski definition) is 1. The minimum absolute atomic E-state index is 1.52. The van der Waals surface area contributed by atoms with Crippen molar-refractivity contribution in [3.63, 3.8) is 0 Å². The molecule has 5 heavy (non-hydrogen) atoms. The summed E-state index contributed by atoms with van der Waals surface area (Å²) >= 11 is 0. The predicted molar refractivity (Wildman–Crippen MR) is 21.0 cm³/mol. The van der Waals surface area contributed by atoms with Crippen LogP contribution in [0.3, 0.4) is 0 Å². The SMILES string of the molecule is CN=[O+][N-]C. The van der Waals surface area contributed by atoms with Crippen LogP contribution < -0.4 is 0 Å². The average molecular weight is 74.1 g/mol. The average Bonchev–Trinajstić information content (AvgIpc) is 1.41. The van der Waals surface area contributed by atoms with E-state index in [9.17, 15) is 0 Å². The van der Waals surface area contributed by atoms with Crippen molar-refractivity contribution in [2.45, 2.75) is 0 Å². The van der Waals surface area contributed by atoms with Gasteiger partial charge in [0.25, 0.3) is 0 Å². The van der Waals surface area contributed by atoms with Crippen LogP contribution in [0.15, 0.2) is 5.18 Å². The van der Waals surface area contributed by atoms with Gasteiger partial charge in [0, 0.05) is 14.1 Å². The summed E-state index contributed by atoms with van der Waals surface area (Å²) in [6.07, 6.45) is 0. The van der Waals surface area contributed by atoms with E-state index in [4.69, 9.17) is 0 Å². The van der Waals surface area contributed by atoms with E-state index in [0.29, 0.717) is 0 Å². The molecule has 0 heterocycles. The standard InChI is InChI=1S/C2H6N2O/c1-3-5-4-2/h1-2H3. The van der Waals surface area contributed by atoms with E-state index >= 15 is 0 Å². The van der Waals surface area contributed by atoms with Gasteiger partial charge in [0.05, 0.1) is 0 Å². The molecule has 0 unspecified atom stereocenters. The maximum absolute atomic E-state index is 4.08. The zero-order chi connectivity index (χ0) is 4.12. The van der Waals surface area contributed by atoms with Crippen molar-refractivity contribution in [2.24, 2.45) is 5.18 Å². The molecule has 0 atom stereocenters. The van der Waals surface area contributed by atoms with Crippen molar-refractivity contribution in [1.82, 2.24) is 0 Å². The minimum atomic E-state index is 1.52. The molecular weight excluding hydrogens is 68.0 g/mol. The lowest BCUT2D eigenvalue weighted by molar-refractivity contribution is 1.33. The van der Waals surface area contributed by atoms with Crippen molar-refractivity contribution >= 4 is 0 Å². The maximum atomic E-state index is 4.08. The Morgan fingerprint density at radius 2 is 2.40 bits per heavy atom. The molecule has 0 amide bonds. The van der Waals surface area contributed by atoms with E-state index in [-0.39, 0.29) is 0 Å². The van der Waals surface area contributed by atoms with Crippen molar-refractivity contribution in [3.05, 3.63) is 10.1 Å². The lowest BCUT2D eigenvalue weighted by Crippen LogP contribution is -1.50. The second-order valence-corrected chi connectivity index (χ2v) is 0.447. The van der Waals surface area contributed by atoms with Crippen LogP contribution in [0.2, 0.25) is 0 Å². The van der Waals surface area contributed by atoms with E-state index in [2.05, 4.69) is 15.3 Å². The normalized spacial score (nSPS) is 9.20. The Hall–Kier alpha value is -0.600. The second kappa shape index (κ2) is 3.40. The Labute approximate surface area is 30.6 Å². The summed E-state index contributed by atoms with van der Waals surface area (Å²) in [7, 11) is 3.04. The molecule has 0 saturated heterocycles. The molecule has 0 aromatic carbocycles. The minimum Gasteiger partial charge on any atom is -0.128 e. The van der Waals surface area contributed by atoms with Gasteiger partial charge in [0.15, 0.2) is 0 Å². The summed E-state index contributed by atoms with van der Waals surface area (Å²) in [6, 6.07) is 0. The fourth-order valence-electron chi connectivity index (χ4n) is 0.0816. The number of nitrogens with zero attached hydrogens (tertiary/aromatic N) is 2. The quantitative estimate of drug-likeness (QED) is 0.326. The Morgan fingerprint density at radius 3 is 2.40 bits per heavy atom. The van der Waals surface area contributed by atoms with Gasteiger partial charge in [-0.2, -0.15) is 0 Å². The first-order valence-corrected chi connectivity index (χ1v) is 1.26. The van der Waals surface area contributed by atoms with E-state index in [1.165, 1.54) is 14.1 Å². The molecule has 0 aromatic rings. The van der Waals surface area contributed by atoms with Gasteiger partial charge in [-0.05, 0) is 0 Å². The molecule has 0 aliphatic heterocycles. The first-order chi connectivity index (χ1) is 2.41. The van der Waals surface area contributed by atoms with Crippen LogP contribution in [-0.2, 0) is 0 Å². The third-order valence-electron chi connectivity index (χ3n) is 0.163. The van der Waals surface area contributed by atoms with Crippen molar-refractivity contribution in [2.75, 3.05) is 14.1 Å². The fourth-order valence-corrected chi connectivity index (χ4v) is 0.0816. The molecule has 0 aliphatic carbocycles. The van der Waals surface area contributed by atoms with Crippen molar-refractivity contribution in [3.8, 4) is 0 Å². The lowest BCUT2D eigenvalue weighted by atomic mass is 11.5. The molecule has 30 valence electrons. The van der Waals surface area contributed by atoms with Crippen LogP contribution in [-0.4, -0.2) is 14.1 Å². The number of rotatable bonds is 1. The molecule has 0 radical (unpaired) electrons. The van der Waals surface area contributed by atoms with Crippen LogP contribution in [0.5, 0.6) is 0 Å². The molecule has 0 fully saturated rings. The Bertz CT molecular complexity index is 34.6. The highest BCUT2D eigenvalue weighted by Crippen LogP contribution is 1.69. The van der Waals surface area contributed by atoms with Gasteiger partial charge in [-0.25, -0.2) is 0 Å². The van der Waals surface area contributed by atoms with Crippen LogP contribution in [0.25, 0.3) is 5.48 Å². The summed E-state index contributed by atoms with van der Waals surface area (Å²) in [4.78, 5) is 0. The summed E-state index contributed by atoms with van der Waals surface area (Å²) in [5.74, 6) is 0. The van der Waals surface area contributed by atoms with Crippen molar-refractivity contribution < 1.29 is 0 Å². The molecule has 0 rings (SSSR count). The second-order valence-electron chi connectivity index (χ2n) is 0.447. The van der Waals surface area contributed by atoms with Gasteiger partial charge in [-0.3, -0.25) is 0 Å². The van der Waals surface area contributed by atoms with Crippen LogP contribution in [0, 0.1) is 4.64 Å². The summed E-state index contributed by atoms with van der Waals surface area (Å²) in [5.41, 5.74) is 3.19. The van der Waals surface area contributed by atoms with Gasteiger partial charge in [-0.15, -0.1) is 4.64 Å². The Morgan fingerprint density at radius 1 is 1.80 bits per heavy atom. The van der Waals surface area contributed by atoms with Crippen LogP contribution >= 0.6 is 0 Å². The molecule has 0 N–H and O–H groups in total. The van der Waals surface area contributed by atoms with Gasteiger partial charge in [0.1, 0.15) is 0 Å². The number of hydrogen-bond donors (Lipinski definition) is 0. The van der Waals surface area contributed by atoms with E-state index < -0.39 is 0 Å². The summed E-state index contributed by atoms with van der Waals surface area (Å²) in [6.45, 7) is 0. The van der Waals surface area contributed by atoms with Gasteiger partial charge < -0.3 is 0 Å². The molecule has 0 saturated carbocycles. The highest BCUT2D eigenvalue weighted by molar-refractivity contribution is 4.76. The summed E-state index contributed by atoms with van der Waals surface area (Å²) < 4.78 is 4.08. The molecule has 3 heteroatoms. The highest BCUT2D eigenvalue weighted by atomic mass is 16.6.